The maximum absolute atomic E-state index is 12.0. The summed E-state index contributed by atoms with van der Waals surface area (Å²) in [6.07, 6.45) is 0.416. The molecule has 2 rings (SSSR count). The van der Waals surface area contributed by atoms with Gasteiger partial charge in [-0.3, -0.25) is 4.79 Å². The Balaban J connectivity index is 1.90. The van der Waals surface area contributed by atoms with Gasteiger partial charge in [0.25, 0.3) is 0 Å². The first-order valence-electron chi connectivity index (χ1n) is 6.99. The molecule has 0 aromatic heterocycles. The molecule has 3 N–H and O–H groups in total. The molecule has 0 saturated heterocycles. The van der Waals surface area contributed by atoms with Gasteiger partial charge >= 0.3 is 0 Å². The van der Waals surface area contributed by atoms with E-state index in [4.69, 9.17) is 5.73 Å². The van der Waals surface area contributed by atoms with Gasteiger partial charge in [-0.25, -0.2) is 0 Å². The number of nitrogen functional groups attached to an aromatic ring is 1. The SMILES string of the molecule is Cc1ccccc1N(C)CCC(=O)Nc1ccccc1N. The second-order valence-corrected chi connectivity index (χ2v) is 5.09. The highest BCUT2D eigenvalue weighted by Gasteiger charge is 2.08. The smallest absolute Gasteiger partial charge is 0.226 e. The Morgan fingerprint density at radius 2 is 1.81 bits per heavy atom. The molecular formula is C17H21N3O. The van der Waals surface area contributed by atoms with Crippen molar-refractivity contribution in [3.8, 4) is 0 Å². The fourth-order valence-electron chi connectivity index (χ4n) is 2.20. The van der Waals surface area contributed by atoms with Gasteiger partial charge in [-0.1, -0.05) is 30.3 Å². The minimum Gasteiger partial charge on any atom is -0.397 e. The van der Waals surface area contributed by atoms with Crippen molar-refractivity contribution in [2.75, 3.05) is 29.5 Å². The number of hydrogen-bond acceptors (Lipinski definition) is 3. The minimum atomic E-state index is -0.0339. The van der Waals surface area contributed by atoms with E-state index in [1.807, 2.05) is 31.3 Å². The lowest BCUT2D eigenvalue weighted by atomic mass is 10.2. The van der Waals surface area contributed by atoms with Crippen LogP contribution in [-0.2, 0) is 4.79 Å². The normalized spacial score (nSPS) is 10.2. The van der Waals surface area contributed by atoms with Crippen molar-refractivity contribution < 1.29 is 4.79 Å². The number of rotatable bonds is 5. The molecule has 0 bridgehead atoms. The summed E-state index contributed by atoms with van der Waals surface area (Å²) in [5, 5.41) is 2.84. The number of nitrogens with two attached hydrogens (primary N) is 1. The summed E-state index contributed by atoms with van der Waals surface area (Å²) < 4.78 is 0. The number of carbonyl (C=O) groups excluding carboxylic acids is 1. The van der Waals surface area contributed by atoms with Gasteiger partial charge in [-0.15, -0.1) is 0 Å². The van der Waals surface area contributed by atoms with Gasteiger partial charge < -0.3 is 16.0 Å². The molecule has 0 fully saturated rings. The van der Waals surface area contributed by atoms with E-state index in [1.165, 1.54) is 5.56 Å². The van der Waals surface area contributed by atoms with Crippen molar-refractivity contribution in [3.63, 3.8) is 0 Å². The lowest BCUT2D eigenvalue weighted by molar-refractivity contribution is -0.116. The molecule has 4 heteroatoms. The van der Waals surface area contributed by atoms with Gasteiger partial charge in [0, 0.05) is 25.7 Å². The summed E-state index contributed by atoms with van der Waals surface area (Å²) in [6, 6.07) is 15.4. The molecule has 0 aliphatic carbocycles. The van der Waals surface area contributed by atoms with Crippen LogP contribution in [0.15, 0.2) is 48.5 Å². The Morgan fingerprint density at radius 1 is 1.14 bits per heavy atom. The molecule has 4 nitrogen and oxygen atoms in total. The molecule has 2 aromatic carbocycles. The second kappa shape index (κ2) is 6.79. The maximum atomic E-state index is 12.0. The fourth-order valence-corrected chi connectivity index (χ4v) is 2.20. The van der Waals surface area contributed by atoms with E-state index < -0.39 is 0 Å². The van der Waals surface area contributed by atoms with Crippen molar-refractivity contribution in [2.24, 2.45) is 0 Å². The molecule has 21 heavy (non-hydrogen) atoms. The van der Waals surface area contributed by atoms with Crippen molar-refractivity contribution >= 4 is 23.0 Å². The number of anilines is 3. The van der Waals surface area contributed by atoms with Gasteiger partial charge in [0.1, 0.15) is 0 Å². The van der Waals surface area contributed by atoms with Crippen molar-refractivity contribution in [2.45, 2.75) is 13.3 Å². The van der Waals surface area contributed by atoms with E-state index in [1.54, 1.807) is 12.1 Å². The number of benzene rings is 2. The lowest BCUT2D eigenvalue weighted by Crippen LogP contribution is -2.24. The Hall–Kier alpha value is -2.49. The van der Waals surface area contributed by atoms with Crippen LogP contribution < -0.4 is 16.0 Å². The van der Waals surface area contributed by atoms with Crippen LogP contribution >= 0.6 is 0 Å². The van der Waals surface area contributed by atoms with Crippen LogP contribution in [0, 0.1) is 6.92 Å². The average Bonchev–Trinajstić information content (AvgIpc) is 2.48. The molecule has 0 radical (unpaired) electrons. The highest BCUT2D eigenvalue weighted by Crippen LogP contribution is 2.19. The Kier molecular flexibility index (Phi) is 4.82. The summed E-state index contributed by atoms with van der Waals surface area (Å²) >= 11 is 0. The molecule has 1 amide bonds. The summed E-state index contributed by atoms with van der Waals surface area (Å²) in [6.45, 7) is 2.72. The highest BCUT2D eigenvalue weighted by molar-refractivity contribution is 5.94. The molecule has 0 unspecified atom stereocenters. The summed E-state index contributed by atoms with van der Waals surface area (Å²) in [5.74, 6) is -0.0339. The molecule has 2 aromatic rings. The van der Waals surface area contributed by atoms with E-state index in [2.05, 4.69) is 29.3 Å². The maximum Gasteiger partial charge on any atom is 0.226 e. The van der Waals surface area contributed by atoms with Crippen molar-refractivity contribution in [1.82, 2.24) is 0 Å². The van der Waals surface area contributed by atoms with Crippen molar-refractivity contribution in [3.05, 3.63) is 54.1 Å². The molecule has 0 aliphatic heterocycles. The van der Waals surface area contributed by atoms with E-state index in [0.717, 1.165) is 5.69 Å². The molecule has 0 saturated carbocycles. The number of nitrogens with one attached hydrogen (secondary N) is 1. The van der Waals surface area contributed by atoms with Crippen LogP contribution in [0.1, 0.15) is 12.0 Å². The van der Waals surface area contributed by atoms with Crippen LogP contribution in [0.25, 0.3) is 0 Å². The first-order valence-corrected chi connectivity index (χ1v) is 6.99. The van der Waals surface area contributed by atoms with Crippen LogP contribution in [-0.4, -0.2) is 19.5 Å². The van der Waals surface area contributed by atoms with Gasteiger partial charge in [0.2, 0.25) is 5.91 Å². The zero-order valence-electron chi connectivity index (χ0n) is 12.5. The third-order valence-electron chi connectivity index (χ3n) is 3.44. The second-order valence-electron chi connectivity index (χ2n) is 5.09. The molecule has 0 heterocycles. The molecular weight excluding hydrogens is 262 g/mol. The monoisotopic (exact) mass is 283 g/mol. The molecule has 0 atom stereocenters. The number of aryl methyl sites for hydroxylation is 1. The summed E-state index contributed by atoms with van der Waals surface area (Å²) in [4.78, 5) is 14.1. The minimum absolute atomic E-state index is 0.0339. The first kappa shape index (κ1) is 14.9. The fraction of sp³-hybridized carbons (Fsp3) is 0.235. The third-order valence-corrected chi connectivity index (χ3v) is 3.44. The van der Waals surface area contributed by atoms with E-state index in [9.17, 15) is 4.79 Å². The third kappa shape index (κ3) is 3.99. The zero-order chi connectivity index (χ0) is 15.2. The van der Waals surface area contributed by atoms with Gasteiger partial charge in [0.15, 0.2) is 0 Å². The quantitative estimate of drug-likeness (QED) is 0.829. The summed E-state index contributed by atoms with van der Waals surface area (Å²) in [7, 11) is 1.99. The molecule has 0 spiro atoms. The van der Waals surface area contributed by atoms with E-state index in [0.29, 0.717) is 24.3 Å². The topological polar surface area (TPSA) is 58.4 Å². The number of para-hydroxylation sites is 3. The lowest BCUT2D eigenvalue weighted by Gasteiger charge is -2.21. The Labute approximate surface area is 125 Å². The number of amides is 1. The predicted molar refractivity (Wildman–Crippen MR) is 88.6 cm³/mol. The average molecular weight is 283 g/mol. The first-order chi connectivity index (χ1) is 10.1. The molecule has 0 aliphatic rings. The largest absolute Gasteiger partial charge is 0.397 e. The van der Waals surface area contributed by atoms with Crippen LogP contribution in [0.3, 0.4) is 0 Å². The van der Waals surface area contributed by atoms with Crippen molar-refractivity contribution in [1.29, 1.82) is 0 Å². The molecule has 110 valence electrons. The summed E-state index contributed by atoms with van der Waals surface area (Å²) in [5.41, 5.74) is 9.40. The Morgan fingerprint density at radius 3 is 2.52 bits per heavy atom. The van der Waals surface area contributed by atoms with Gasteiger partial charge in [0.05, 0.1) is 11.4 Å². The number of nitrogens with zero attached hydrogens (tertiary/aromatic N) is 1. The standard InChI is InChI=1S/C17H21N3O/c1-13-7-3-6-10-16(13)20(2)12-11-17(21)19-15-9-5-4-8-14(15)18/h3-10H,11-12,18H2,1-2H3,(H,19,21). The zero-order valence-corrected chi connectivity index (χ0v) is 12.5. The van der Waals surface area contributed by atoms with Crippen LogP contribution in [0.5, 0.6) is 0 Å². The van der Waals surface area contributed by atoms with E-state index in [-0.39, 0.29) is 5.91 Å². The van der Waals surface area contributed by atoms with Crippen LogP contribution in [0.2, 0.25) is 0 Å². The van der Waals surface area contributed by atoms with E-state index >= 15 is 0 Å². The van der Waals surface area contributed by atoms with Crippen LogP contribution in [0.4, 0.5) is 17.1 Å². The predicted octanol–water partition coefficient (Wildman–Crippen LogP) is 3.04. The highest BCUT2D eigenvalue weighted by atomic mass is 16.1. The van der Waals surface area contributed by atoms with Gasteiger partial charge in [-0.2, -0.15) is 0 Å². The number of hydrogen-bond donors (Lipinski definition) is 2. The van der Waals surface area contributed by atoms with Gasteiger partial charge in [-0.05, 0) is 30.7 Å². The number of carbonyl (C=O) groups is 1. The Bertz CT molecular complexity index is 625.